The van der Waals surface area contributed by atoms with Gasteiger partial charge in [0.1, 0.15) is 0 Å². The molecule has 1 aromatic heterocycles. The first kappa shape index (κ1) is 13.3. The molecule has 0 aliphatic heterocycles. The molecule has 2 N–H and O–H groups in total. The number of nitrogens with one attached hydrogen (secondary N) is 2. The zero-order valence-corrected chi connectivity index (χ0v) is 11.4. The number of carbonyl (C=O) groups is 1. The minimum Gasteiger partial charge on any atom is -0.352 e. The molecule has 4 heteroatoms. The van der Waals surface area contributed by atoms with Crippen LogP contribution in [0.5, 0.6) is 0 Å². The van der Waals surface area contributed by atoms with Crippen molar-refractivity contribution in [1.29, 1.82) is 0 Å². The van der Waals surface area contributed by atoms with Crippen molar-refractivity contribution < 1.29 is 4.79 Å². The van der Waals surface area contributed by atoms with Gasteiger partial charge in [0.15, 0.2) is 0 Å². The zero-order valence-electron chi connectivity index (χ0n) is 11.4. The molecule has 0 aliphatic carbocycles. The van der Waals surface area contributed by atoms with E-state index >= 15 is 0 Å². The number of hydrogen-bond donors (Lipinski definition) is 2. The molecular formula is C15H19N3O. The molecule has 100 valence electrons. The van der Waals surface area contributed by atoms with E-state index in [4.69, 9.17) is 0 Å². The Labute approximate surface area is 113 Å². The van der Waals surface area contributed by atoms with E-state index in [2.05, 4.69) is 15.5 Å². The van der Waals surface area contributed by atoms with E-state index in [1.165, 1.54) is 5.56 Å². The minimum absolute atomic E-state index is 0.0103. The molecule has 2 rings (SSSR count). The van der Waals surface area contributed by atoms with Crippen LogP contribution in [-0.4, -0.2) is 22.6 Å². The molecule has 0 unspecified atom stereocenters. The number of benzene rings is 1. The molecular weight excluding hydrogens is 238 g/mol. The van der Waals surface area contributed by atoms with E-state index in [-0.39, 0.29) is 5.91 Å². The third-order valence-electron chi connectivity index (χ3n) is 3.16. The molecule has 0 radical (unpaired) electrons. The number of carbonyl (C=O) groups excluding carboxylic acids is 1. The first-order chi connectivity index (χ1) is 9.16. The van der Waals surface area contributed by atoms with E-state index in [1.807, 2.05) is 44.3 Å². The summed E-state index contributed by atoms with van der Waals surface area (Å²) in [6.07, 6.45) is 3.69. The summed E-state index contributed by atoms with van der Waals surface area (Å²) in [7, 11) is 0. The zero-order chi connectivity index (χ0) is 13.7. The summed E-state index contributed by atoms with van der Waals surface area (Å²) in [4.78, 5) is 11.9. The molecule has 0 spiro atoms. The Morgan fingerprint density at radius 1 is 1.26 bits per heavy atom. The summed E-state index contributed by atoms with van der Waals surface area (Å²) in [5.41, 5.74) is 4.19. The average Bonchev–Trinajstić information content (AvgIpc) is 2.81. The van der Waals surface area contributed by atoms with Crippen LogP contribution < -0.4 is 5.32 Å². The molecule has 0 saturated heterocycles. The van der Waals surface area contributed by atoms with Crippen LogP contribution in [0.4, 0.5) is 0 Å². The predicted molar refractivity (Wildman–Crippen MR) is 75.2 cm³/mol. The van der Waals surface area contributed by atoms with Crippen molar-refractivity contribution in [3.8, 4) is 0 Å². The largest absolute Gasteiger partial charge is 0.352 e. The highest BCUT2D eigenvalue weighted by molar-refractivity contribution is 5.94. The fourth-order valence-electron chi connectivity index (χ4n) is 1.92. The quantitative estimate of drug-likeness (QED) is 0.808. The van der Waals surface area contributed by atoms with Crippen LogP contribution in [0.3, 0.4) is 0 Å². The predicted octanol–water partition coefficient (Wildman–Crippen LogP) is 2.39. The molecule has 2 aromatic rings. The number of nitrogens with zero attached hydrogens (tertiary/aromatic N) is 1. The fraction of sp³-hybridized carbons (Fsp3) is 0.333. The first-order valence-electron chi connectivity index (χ1n) is 6.50. The van der Waals surface area contributed by atoms with Crippen LogP contribution >= 0.6 is 0 Å². The van der Waals surface area contributed by atoms with Crippen LogP contribution in [-0.2, 0) is 6.42 Å². The summed E-state index contributed by atoms with van der Waals surface area (Å²) in [6.45, 7) is 4.69. The third-order valence-corrected chi connectivity index (χ3v) is 3.16. The Balaban J connectivity index is 1.75. The van der Waals surface area contributed by atoms with Crippen LogP contribution in [0.15, 0.2) is 30.5 Å². The number of hydrogen-bond acceptors (Lipinski definition) is 2. The van der Waals surface area contributed by atoms with Crippen molar-refractivity contribution in [3.63, 3.8) is 0 Å². The van der Waals surface area contributed by atoms with E-state index in [0.717, 1.165) is 24.1 Å². The van der Waals surface area contributed by atoms with Gasteiger partial charge in [0.05, 0.1) is 6.20 Å². The van der Waals surface area contributed by atoms with Gasteiger partial charge in [-0.1, -0.05) is 17.7 Å². The highest BCUT2D eigenvalue weighted by atomic mass is 16.1. The smallest absolute Gasteiger partial charge is 0.251 e. The van der Waals surface area contributed by atoms with Crippen LogP contribution in [0.2, 0.25) is 0 Å². The van der Waals surface area contributed by atoms with E-state index in [9.17, 15) is 4.79 Å². The van der Waals surface area contributed by atoms with E-state index < -0.39 is 0 Å². The van der Waals surface area contributed by atoms with Crippen molar-refractivity contribution >= 4 is 5.91 Å². The van der Waals surface area contributed by atoms with Gasteiger partial charge in [0, 0.05) is 17.8 Å². The lowest BCUT2D eigenvalue weighted by atomic mass is 10.1. The summed E-state index contributed by atoms with van der Waals surface area (Å²) in [5.74, 6) is -0.0103. The Bertz CT molecular complexity index is 543. The molecule has 19 heavy (non-hydrogen) atoms. The Morgan fingerprint density at radius 3 is 2.63 bits per heavy atom. The topological polar surface area (TPSA) is 57.8 Å². The second kappa shape index (κ2) is 6.18. The van der Waals surface area contributed by atoms with Crippen molar-refractivity contribution in [1.82, 2.24) is 15.5 Å². The number of rotatable bonds is 5. The minimum atomic E-state index is -0.0103. The Kier molecular flexibility index (Phi) is 4.34. The van der Waals surface area contributed by atoms with Crippen LogP contribution in [0.1, 0.15) is 33.6 Å². The molecule has 1 amide bonds. The van der Waals surface area contributed by atoms with Crippen molar-refractivity contribution in [2.45, 2.75) is 26.7 Å². The number of aromatic nitrogens is 2. The maximum Gasteiger partial charge on any atom is 0.251 e. The maximum absolute atomic E-state index is 11.9. The van der Waals surface area contributed by atoms with Gasteiger partial charge in [0.25, 0.3) is 5.91 Å². The number of aromatic amines is 1. The normalized spacial score (nSPS) is 10.4. The van der Waals surface area contributed by atoms with Gasteiger partial charge in [-0.3, -0.25) is 9.89 Å². The fourth-order valence-corrected chi connectivity index (χ4v) is 1.92. The monoisotopic (exact) mass is 257 g/mol. The highest BCUT2D eigenvalue weighted by Gasteiger charge is 2.04. The Morgan fingerprint density at radius 2 is 2.00 bits per heavy atom. The van der Waals surface area contributed by atoms with Gasteiger partial charge in [-0.2, -0.15) is 5.10 Å². The van der Waals surface area contributed by atoms with Gasteiger partial charge in [0.2, 0.25) is 0 Å². The third kappa shape index (κ3) is 3.68. The molecule has 1 aromatic carbocycles. The van der Waals surface area contributed by atoms with Gasteiger partial charge >= 0.3 is 0 Å². The van der Waals surface area contributed by atoms with Crippen molar-refractivity contribution in [2.75, 3.05) is 6.54 Å². The molecule has 0 atom stereocenters. The molecule has 4 nitrogen and oxygen atoms in total. The van der Waals surface area contributed by atoms with Crippen molar-refractivity contribution in [2.24, 2.45) is 0 Å². The Hall–Kier alpha value is -2.10. The number of aryl methyl sites for hydroxylation is 3. The first-order valence-corrected chi connectivity index (χ1v) is 6.50. The maximum atomic E-state index is 11.9. The summed E-state index contributed by atoms with van der Waals surface area (Å²) in [5, 5.41) is 9.82. The molecule has 0 bridgehead atoms. The standard InChI is InChI=1S/C15H19N3O/c1-11-5-7-13(8-6-11)15(19)16-9-3-4-14-10-17-18-12(14)2/h5-8,10H,3-4,9H2,1-2H3,(H,16,19)(H,17,18). The molecule has 0 saturated carbocycles. The van der Waals surface area contributed by atoms with Gasteiger partial charge in [-0.15, -0.1) is 0 Å². The SMILES string of the molecule is Cc1ccc(C(=O)NCCCc2cn[nH]c2C)cc1. The summed E-state index contributed by atoms with van der Waals surface area (Å²) >= 11 is 0. The lowest BCUT2D eigenvalue weighted by Gasteiger charge is -2.05. The number of amides is 1. The van der Waals surface area contributed by atoms with Crippen LogP contribution in [0.25, 0.3) is 0 Å². The molecule has 0 fully saturated rings. The van der Waals surface area contributed by atoms with Crippen LogP contribution in [0, 0.1) is 13.8 Å². The van der Waals surface area contributed by atoms with Gasteiger partial charge in [-0.05, 0) is 44.4 Å². The van der Waals surface area contributed by atoms with E-state index in [0.29, 0.717) is 12.1 Å². The highest BCUT2D eigenvalue weighted by Crippen LogP contribution is 2.06. The molecule has 1 heterocycles. The van der Waals surface area contributed by atoms with Gasteiger partial charge < -0.3 is 5.32 Å². The average molecular weight is 257 g/mol. The van der Waals surface area contributed by atoms with Gasteiger partial charge in [-0.25, -0.2) is 0 Å². The number of H-pyrrole nitrogens is 1. The lowest BCUT2D eigenvalue weighted by molar-refractivity contribution is 0.0953. The van der Waals surface area contributed by atoms with E-state index in [1.54, 1.807) is 0 Å². The summed E-state index contributed by atoms with van der Waals surface area (Å²) in [6, 6.07) is 7.60. The van der Waals surface area contributed by atoms with Crippen molar-refractivity contribution in [3.05, 3.63) is 52.8 Å². The molecule has 0 aliphatic rings. The summed E-state index contributed by atoms with van der Waals surface area (Å²) < 4.78 is 0. The lowest BCUT2D eigenvalue weighted by Crippen LogP contribution is -2.24. The second-order valence-corrected chi connectivity index (χ2v) is 4.75. The second-order valence-electron chi connectivity index (χ2n) is 4.75.